The van der Waals surface area contributed by atoms with Crippen LogP contribution in [0.25, 0.3) is 11.3 Å². The minimum Gasteiger partial charge on any atom is -0.485 e. The van der Waals surface area contributed by atoms with E-state index in [2.05, 4.69) is 20.3 Å². The molecule has 1 aliphatic rings. The van der Waals surface area contributed by atoms with Gasteiger partial charge in [-0.2, -0.15) is 10.2 Å². The maximum Gasteiger partial charge on any atom is 0.285 e. The molecule has 3 aromatic rings. The number of aromatic nitrogens is 5. The summed E-state index contributed by atoms with van der Waals surface area (Å²) in [5.74, 6) is -0.387. The lowest BCUT2D eigenvalue weighted by atomic mass is 10.1. The zero-order valence-corrected chi connectivity index (χ0v) is 17.0. The van der Waals surface area contributed by atoms with E-state index in [4.69, 9.17) is 16.3 Å². The number of hydrogen-bond acceptors (Lipinski definition) is 6. The maximum absolute atomic E-state index is 14.4. The summed E-state index contributed by atoms with van der Waals surface area (Å²) in [5, 5.41) is 10.6. The summed E-state index contributed by atoms with van der Waals surface area (Å²) in [6, 6.07) is 1.61. The van der Waals surface area contributed by atoms with Crippen molar-refractivity contribution in [3.8, 4) is 17.0 Å². The molecule has 8 nitrogen and oxygen atoms in total. The molecule has 0 radical (unpaired) electrons. The van der Waals surface area contributed by atoms with Crippen molar-refractivity contribution in [3.05, 3.63) is 51.0 Å². The second kappa shape index (κ2) is 7.47. The van der Waals surface area contributed by atoms with Crippen LogP contribution in [0.2, 0.25) is 5.02 Å². The van der Waals surface area contributed by atoms with E-state index in [1.54, 1.807) is 10.7 Å². The van der Waals surface area contributed by atoms with E-state index in [9.17, 15) is 9.18 Å². The molecule has 10 heteroatoms. The van der Waals surface area contributed by atoms with Gasteiger partial charge in [0.25, 0.3) is 5.56 Å². The van der Waals surface area contributed by atoms with Gasteiger partial charge in [0.2, 0.25) is 0 Å². The summed E-state index contributed by atoms with van der Waals surface area (Å²) in [6.07, 6.45) is 3.07. The summed E-state index contributed by atoms with van der Waals surface area (Å²) in [5.41, 5.74) is 3.34. The van der Waals surface area contributed by atoms with E-state index in [1.165, 1.54) is 12.4 Å². The fraction of sp³-hybridized carbons (Fsp3) is 0.368. The highest BCUT2D eigenvalue weighted by Gasteiger charge is 2.27. The van der Waals surface area contributed by atoms with Gasteiger partial charge in [-0.3, -0.25) is 14.5 Å². The number of nitrogens with zero attached hydrogens (tertiary/aromatic N) is 5. The van der Waals surface area contributed by atoms with Gasteiger partial charge in [-0.25, -0.2) is 9.49 Å². The van der Waals surface area contributed by atoms with Gasteiger partial charge in [0, 0.05) is 37.3 Å². The van der Waals surface area contributed by atoms with Crippen molar-refractivity contribution in [3.63, 3.8) is 0 Å². The van der Waals surface area contributed by atoms with Crippen molar-refractivity contribution in [2.45, 2.75) is 26.4 Å². The second-order valence-corrected chi connectivity index (χ2v) is 7.42. The lowest BCUT2D eigenvalue weighted by molar-refractivity contribution is 0.214. The monoisotopic (exact) mass is 418 g/mol. The summed E-state index contributed by atoms with van der Waals surface area (Å²) in [4.78, 5) is 17.8. The molecule has 3 aromatic heterocycles. The molecule has 0 aromatic carbocycles. The fourth-order valence-electron chi connectivity index (χ4n) is 3.61. The average Bonchev–Trinajstić information content (AvgIpc) is 3.24. The molecule has 1 fully saturated rings. The first-order valence-electron chi connectivity index (χ1n) is 9.16. The summed E-state index contributed by atoms with van der Waals surface area (Å²) < 4.78 is 22.1. The normalized spacial score (nSPS) is 16.4. The molecular formula is C19H20ClFN6O2. The van der Waals surface area contributed by atoms with E-state index < -0.39 is 11.4 Å². The standard InChI is InChI=1S/C19H20ClFN6O2/c1-10-17(11(2)26(3)25-10)14-6-16(13(21)7-22-14)29-12-4-5-27(9-12)15-8-23-24-19(28)18(15)20/h6-8,12H,4-5,9H2,1-3H3,(H,24,28)/t12-/m1/s1. The van der Waals surface area contributed by atoms with Crippen molar-refractivity contribution in [2.24, 2.45) is 7.05 Å². The zero-order chi connectivity index (χ0) is 20.7. The predicted molar refractivity (Wildman–Crippen MR) is 107 cm³/mol. The van der Waals surface area contributed by atoms with Gasteiger partial charge in [0.1, 0.15) is 11.1 Å². The molecule has 1 saturated heterocycles. The molecule has 4 rings (SSSR count). The van der Waals surface area contributed by atoms with E-state index in [-0.39, 0.29) is 16.9 Å². The minimum absolute atomic E-state index is 0.0838. The quantitative estimate of drug-likeness (QED) is 0.700. The van der Waals surface area contributed by atoms with Crippen LogP contribution in [0.15, 0.2) is 23.3 Å². The average molecular weight is 419 g/mol. The molecule has 1 aliphatic heterocycles. The topological polar surface area (TPSA) is 88.9 Å². The lowest BCUT2D eigenvalue weighted by Gasteiger charge is -2.19. The number of aromatic amines is 1. The highest BCUT2D eigenvalue weighted by molar-refractivity contribution is 6.33. The maximum atomic E-state index is 14.4. The summed E-state index contributed by atoms with van der Waals surface area (Å²) in [7, 11) is 1.86. The van der Waals surface area contributed by atoms with Gasteiger partial charge in [-0.15, -0.1) is 0 Å². The molecule has 152 valence electrons. The molecule has 0 saturated carbocycles. The number of rotatable bonds is 4. The van der Waals surface area contributed by atoms with Gasteiger partial charge in [0.05, 0.1) is 36.0 Å². The van der Waals surface area contributed by atoms with Crippen LogP contribution in [0.4, 0.5) is 10.1 Å². The highest BCUT2D eigenvalue weighted by atomic mass is 35.5. The predicted octanol–water partition coefficient (Wildman–Crippen LogP) is 2.63. The lowest BCUT2D eigenvalue weighted by Crippen LogP contribution is -2.26. The number of H-pyrrole nitrogens is 1. The molecule has 1 N–H and O–H groups in total. The number of hydrogen-bond donors (Lipinski definition) is 1. The Labute approximate surface area is 171 Å². The third kappa shape index (κ3) is 3.57. The molecule has 0 spiro atoms. The van der Waals surface area contributed by atoms with Gasteiger partial charge in [-0.05, 0) is 13.8 Å². The smallest absolute Gasteiger partial charge is 0.285 e. The Hall–Kier alpha value is -2.94. The van der Waals surface area contributed by atoms with Gasteiger partial charge < -0.3 is 9.64 Å². The molecule has 29 heavy (non-hydrogen) atoms. The third-order valence-electron chi connectivity index (χ3n) is 5.14. The molecule has 0 aliphatic carbocycles. The molecule has 0 bridgehead atoms. The SMILES string of the molecule is Cc1nn(C)c(C)c1-c1cc(O[C@@H]2CCN(c3cn[nH]c(=O)c3Cl)C2)c(F)cn1. The second-order valence-electron chi connectivity index (χ2n) is 7.04. The van der Waals surface area contributed by atoms with E-state index in [1.807, 2.05) is 25.8 Å². The third-order valence-corrected chi connectivity index (χ3v) is 5.51. The number of halogens is 2. The largest absolute Gasteiger partial charge is 0.485 e. The number of nitrogens with one attached hydrogen (secondary N) is 1. The Morgan fingerprint density at radius 1 is 1.34 bits per heavy atom. The zero-order valence-electron chi connectivity index (χ0n) is 16.2. The van der Waals surface area contributed by atoms with Crippen LogP contribution in [0.1, 0.15) is 17.8 Å². The van der Waals surface area contributed by atoms with E-state index in [0.29, 0.717) is 30.9 Å². The van der Waals surface area contributed by atoms with Crippen molar-refractivity contribution >= 4 is 17.3 Å². The summed E-state index contributed by atoms with van der Waals surface area (Å²) >= 11 is 6.08. The first-order valence-corrected chi connectivity index (χ1v) is 9.54. The Kier molecular flexibility index (Phi) is 4.99. The minimum atomic E-state index is -0.526. The van der Waals surface area contributed by atoms with Crippen LogP contribution in [-0.2, 0) is 7.05 Å². The van der Waals surface area contributed by atoms with Crippen molar-refractivity contribution in [1.82, 2.24) is 25.0 Å². The van der Waals surface area contributed by atoms with Gasteiger partial charge in [-0.1, -0.05) is 11.6 Å². The van der Waals surface area contributed by atoms with Crippen LogP contribution in [0.3, 0.4) is 0 Å². The Morgan fingerprint density at radius 3 is 2.86 bits per heavy atom. The highest BCUT2D eigenvalue weighted by Crippen LogP contribution is 2.31. The summed E-state index contributed by atoms with van der Waals surface area (Å²) in [6.45, 7) is 4.92. The van der Waals surface area contributed by atoms with Gasteiger partial charge in [0.15, 0.2) is 11.6 Å². The van der Waals surface area contributed by atoms with Crippen LogP contribution in [0.5, 0.6) is 5.75 Å². The molecular weight excluding hydrogens is 399 g/mol. The van der Waals surface area contributed by atoms with Crippen LogP contribution < -0.4 is 15.2 Å². The van der Waals surface area contributed by atoms with Gasteiger partial charge >= 0.3 is 0 Å². The number of pyridine rings is 1. The molecule has 0 unspecified atom stereocenters. The van der Waals surface area contributed by atoms with Crippen molar-refractivity contribution < 1.29 is 9.13 Å². The fourth-order valence-corrected chi connectivity index (χ4v) is 3.82. The van der Waals surface area contributed by atoms with E-state index >= 15 is 0 Å². The Balaban J connectivity index is 1.56. The van der Waals surface area contributed by atoms with Crippen LogP contribution in [-0.4, -0.2) is 44.2 Å². The molecule has 4 heterocycles. The van der Waals surface area contributed by atoms with Crippen LogP contribution >= 0.6 is 11.6 Å². The van der Waals surface area contributed by atoms with Crippen molar-refractivity contribution in [2.75, 3.05) is 18.0 Å². The first-order chi connectivity index (χ1) is 13.8. The Bertz CT molecular complexity index is 1130. The number of aryl methyl sites for hydroxylation is 2. The first kappa shape index (κ1) is 19.4. The number of ether oxygens (including phenoxy) is 1. The van der Waals surface area contributed by atoms with Crippen LogP contribution in [0, 0.1) is 19.7 Å². The number of anilines is 1. The molecule has 0 amide bonds. The Morgan fingerprint density at radius 2 is 2.14 bits per heavy atom. The molecule has 1 atom stereocenters. The van der Waals surface area contributed by atoms with E-state index in [0.717, 1.165) is 17.0 Å². The van der Waals surface area contributed by atoms with Crippen molar-refractivity contribution in [1.29, 1.82) is 0 Å².